The van der Waals surface area contributed by atoms with E-state index in [1.54, 1.807) is 0 Å². The molecule has 76 valence electrons. The Labute approximate surface area is 87.9 Å². The van der Waals surface area contributed by atoms with Crippen molar-refractivity contribution in [1.82, 2.24) is 0 Å². The van der Waals surface area contributed by atoms with E-state index in [2.05, 4.69) is 22.6 Å². The minimum Gasteiger partial charge on any atom is -0.501 e. The number of carbonyl (C=O) groups is 1. The average Bonchev–Trinajstić information content (AvgIpc) is 2.16. The summed E-state index contributed by atoms with van der Waals surface area (Å²) in [6.45, 7) is 7.02. The lowest BCUT2D eigenvalue weighted by Gasteiger charge is -1.89. The maximum atomic E-state index is 9.99. The lowest BCUT2D eigenvalue weighted by molar-refractivity contribution is -0.135. The maximum absolute atomic E-state index is 9.99. The first kappa shape index (κ1) is 14.8. The van der Waals surface area contributed by atoms with Crippen molar-refractivity contribution in [2.45, 2.75) is 0 Å². The van der Waals surface area contributed by atoms with Gasteiger partial charge >= 0.3 is 5.97 Å². The highest BCUT2D eigenvalue weighted by Gasteiger charge is 1.91. The average molecular weight is 227 g/mol. The highest BCUT2D eigenvalue weighted by Crippen LogP contribution is 1.80. The summed E-state index contributed by atoms with van der Waals surface area (Å²) in [5.41, 5.74) is 0. The fourth-order valence-corrected chi connectivity index (χ4v) is 0.404. The standard InChI is InChI=1S/C4H5ClO2.C4H7ClO/c1-2-7-4(6)3-5;1-2-6-4-3-5/h2H,1,3H2;2H,1,3-4H2. The first-order chi connectivity index (χ1) is 6.22. The van der Waals surface area contributed by atoms with Gasteiger partial charge in [0.1, 0.15) is 12.5 Å². The second kappa shape index (κ2) is 13.9. The predicted octanol–water partition coefficient (Wildman–Crippen LogP) is 2.30. The van der Waals surface area contributed by atoms with Crippen LogP contribution >= 0.6 is 23.2 Å². The minimum absolute atomic E-state index is 0.119. The van der Waals surface area contributed by atoms with E-state index in [1.807, 2.05) is 0 Å². The summed E-state index contributed by atoms with van der Waals surface area (Å²) in [6.07, 6.45) is 2.42. The molecule has 0 heterocycles. The molecule has 0 saturated carbocycles. The number of esters is 1. The summed E-state index contributed by atoms with van der Waals surface area (Å²) < 4.78 is 8.80. The number of carbonyl (C=O) groups excluding carboxylic acids is 1. The van der Waals surface area contributed by atoms with Crippen molar-refractivity contribution in [3.63, 3.8) is 0 Å². The lowest BCUT2D eigenvalue weighted by Crippen LogP contribution is -1.98. The Morgan fingerprint density at radius 3 is 2.08 bits per heavy atom. The summed E-state index contributed by atoms with van der Waals surface area (Å²) in [5, 5.41) is 0. The fourth-order valence-electron chi connectivity index (χ4n) is 0.252. The molecule has 0 N–H and O–H groups in total. The number of hydrogen-bond acceptors (Lipinski definition) is 3. The number of rotatable bonds is 5. The SMILES string of the molecule is C=COC(=O)CCl.C=COCCCl. The molecule has 0 aromatic heterocycles. The van der Waals surface area contributed by atoms with Crippen LogP contribution in [0.3, 0.4) is 0 Å². The smallest absolute Gasteiger partial charge is 0.325 e. The summed E-state index contributed by atoms with van der Waals surface area (Å²) in [7, 11) is 0. The molecule has 0 spiro atoms. The highest BCUT2D eigenvalue weighted by molar-refractivity contribution is 6.26. The van der Waals surface area contributed by atoms with Crippen molar-refractivity contribution in [3.8, 4) is 0 Å². The van der Waals surface area contributed by atoms with Gasteiger partial charge in [-0.25, -0.2) is 0 Å². The second-order valence-electron chi connectivity index (χ2n) is 1.52. The molecule has 0 aliphatic rings. The second-order valence-corrected chi connectivity index (χ2v) is 2.16. The Kier molecular flexibility index (Phi) is 15.8. The summed E-state index contributed by atoms with van der Waals surface area (Å²) in [6, 6.07) is 0. The highest BCUT2D eigenvalue weighted by atomic mass is 35.5. The molecule has 0 rings (SSSR count). The van der Waals surface area contributed by atoms with Crippen LogP contribution in [0.4, 0.5) is 0 Å². The summed E-state index contributed by atoms with van der Waals surface area (Å²) in [5.74, 6) is -0.0606. The van der Waals surface area contributed by atoms with Crippen LogP contribution in [0.1, 0.15) is 0 Å². The normalized spacial score (nSPS) is 7.54. The number of ether oxygens (including phenoxy) is 2. The van der Waals surface area contributed by atoms with Crippen LogP contribution in [-0.2, 0) is 14.3 Å². The van der Waals surface area contributed by atoms with Gasteiger partial charge in [-0.1, -0.05) is 13.2 Å². The van der Waals surface area contributed by atoms with E-state index in [9.17, 15) is 4.79 Å². The van der Waals surface area contributed by atoms with Gasteiger partial charge in [-0.2, -0.15) is 0 Å². The third kappa shape index (κ3) is 18.4. The van der Waals surface area contributed by atoms with Gasteiger partial charge in [-0.15, -0.1) is 23.2 Å². The van der Waals surface area contributed by atoms with E-state index in [0.717, 1.165) is 6.26 Å². The van der Waals surface area contributed by atoms with Crippen LogP contribution in [-0.4, -0.2) is 24.3 Å². The largest absolute Gasteiger partial charge is 0.501 e. The molecule has 0 atom stereocenters. The molecular formula is C8H12Cl2O3. The van der Waals surface area contributed by atoms with Gasteiger partial charge in [0.05, 0.1) is 18.4 Å². The molecule has 0 fully saturated rings. The van der Waals surface area contributed by atoms with Gasteiger partial charge in [0, 0.05) is 0 Å². The van der Waals surface area contributed by atoms with Crippen LogP contribution < -0.4 is 0 Å². The Morgan fingerprint density at radius 2 is 1.92 bits per heavy atom. The van der Waals surface area contributed by atoms with Crippen LogP contribution in [0, 0.1) is 0 Å². The maximum Gasteiger partial charge on any atom is 0.325 e. The molecule has 0 amide bonds. The molecule has 0 radical (unpaired) electrons. The Bertz CT molecular complexity index is 148. The fraction of sp³-hybridized carbons (Fsp3) is 0.375. The zero-order valence-corrected chi connectivity index (χ0v) is 8.68. The molecule has 0 aromatic carbocycles. The Balaban J connectivity index is 0. The van der Waals surface area contributed by atoms with Crippen LogP contribution in [0.2, 0.25) is 0 Å². The van der Waals surface area contributed by atoms with Crippen molar-refractivity contribution < 1.29 is 14.3 Å². The van der Waals surface area contributed by atoms with Crippen molar-refractivity contribution >= 4 is 29.2 Å². The molecule has 0 bridgehead atoms. The van der Waals surface area contributed by atoms with E-state index >= 15 is 0 Å². The molecular weight excluding hydrogens is 215 g/mol. The van der Waals surface area contributed by atoms with Crippen molar-refractivity contribution in [2.24, 2.45) is 0 Å². The Morgan fingerprint density at radius 1 is 1.31 bits per heavy atom. The van der Waals surface area contributed by atoms with E-state index in [4.69, 9.17) is 23.2 Å². The molecule has 0 aliphatic heterocycles. The molecule has 3 nitrogen and oxygen atoms in total. The van der Waals surface area contributed by atoms with Gasteiger partial charge in [0.15, 0.2) is 0 Å². The van der Waals surface area contributed by atoms with Crippen LogP contribution in [0.15, 0.2) is 25.7 Å². The van der Waals surface area contributed by atoms with E-state index < -0.39 is 5.97 Å². The molecule has 5 heteroatoms. The van der Waals surface area contributed by atoms with Crippen molar-refractivity contribution in [3.05, 3.63) is 25.7 Å². The quantitative estimate of drug-likeness (QED) is 0.313. The number of alkyl halides is 2. The van der Waals surface area contributed by atoms with Crippen LogP contribution in [0.5, 0.6) is 0 Å². The van der Waals surface area contributed by atoms with Gasteiger partial charge in [0.2, 0.25) is 0 Å². The summed E-state index contributed by atoms with van der Waals surface area (Å²) in [4.78, 5) is 9.99. The number of halogens is 2. The summed E-state index contributed by atoms with van der Waals surface area (Å²) >= 11 is 10.2. The van der Waals surface area contributed by atoms with E-state index in [1.165, 1.54) is 6.26 Å². The van der Waals surface area contributed by atoms with Crippen molar-refractivity contribution in [2.75, 3.05) is 18.4 Å². The molecule has 0 unspecified atom stereocenters. The zero-order valence-electron chi connectivity index (χ0n) is 7.17. The molecule has 0 saturated heterocycles. The van der Waals surface area contributed by atoms with Gasteiger partial charge in [-0.05, 0) is 0 Å². The minimum atomic E-state index is -0.475. The molecule has 0 aliphatic carbocycles. The van der Waals surface area contributed by atoms with Crippen molar-refractivity contribution in [1.29, 1.82) is 0 Å². The molecule has 13 heavy (non-hydrogen) atoms. The number of hydrogen-bond donors (Lipinski definition) is 0. The van der Waals surface area contributed by atoms with Gasteiger partial charge < -0.3 is 9.47 Å². The zero-order chi connectivity index (χ0) is 10.5. The van der Waals surface area contributed by atoms with Gasteiger partial charge in [-0.3, -0.25) is 4.79 Å². The first-order valence-corrected chi connectivity index (χ1v) is 4.44. The third-order valence-corrected chi connectivity index (χ3v) is 1.01. The third-order valence-electron chi connectivity index (χ3n) is 0.637. The predicted molar refractivity (Wildman–Crippen MR) is 53.9 cm³/mol. The Hall–Kier alpha value is -0.670. The topological polar surface area (TPSA) is 35.5 Å². The van der Waals surface area contributed by atoms with E-state index in [-0.39, 0.29) is 5.88 Å². The lowest BCUT2D eigenvalue weighted by atomic mass is 10.8. The van der Waals surface area contributed by atoms with Crippen LogP contribution in [0.25, 0.3) is 0 Å². The van der Waals surface area contributed by atoms with E-state index in [0.29, 0.717) is 12.5 Å². The first-order valence-electron chi connectivity index (χ1n) is 3.37. The van der Waals surface area contributed by atoms with Gasteiger partial charge in [0.25, 0.3) is 0 Å². The monoisotopic (exact) mass is 226 g/mol. The molecule has 0 aromatic rings.